The van der Waals surface area contributed by atoms with Gasteiger partial charge in [-0.05, 0) is 12.8 Å². The molecule has 0 saturated carbocycles. The number of rotatable bonds is 1. The predicted octanol–water partition coefficient (Wildman–Crippen LogP) is 1.15. The third-order valence-corrected chi connectivity index (χ3v) is 1.85. The average molecular weight is 154 g/mol. The van der Waals surface area contributed by atoms with E-state index in [1.807, 2.05) is 20.8 Å². The number of nitrogens with zero attached hydrogens (tertiary/aromatic N) is 1. The summed E-state index contributed by atoms with van der Waals surface area (Å²) in [5.74, 6) is 0.306. The van der Waals surface area contributed by atoms with Gasteiger partial charge in [0, 0.05) is 18.3 Å². The Morgan fingerprint density at radius 2 is 2.00 bits per heavy atom. The Hall–Kier alpha value is -0.990. The quantitative estimate of drug-likeness (QED) is 0.647. The van der Waals surface area contributed by atoms with Crippen LogP contribution in [0.2, 0.25) is 0 Å². The van der Waals surface area contributed by atoms with Crippen LogP contribution in [0.15, 0.2) is 4.79 Å². The van der Waals surface area contributed by atoms with Gasteiger partial charge in [-0.15, -0.1) is 0 Å². The molecular formula is C8H14N2O. The van der Waals surface area contributed by atoms with Crippen molar-refractivity contribution >= 4 is 0 Å². The van der Waals surface area contributed by atoms with Crippen LogP contribution in [0, 0.1) is 6.92 Å². The van der Waals surface area contributed by atoms with Gasteiger partial charge >= 0.3 is 0 Å². The first kappa shape index (κ1) is 8.11. The third kappa shape index (κ3) is 1.23. The van der Waals surface area contributed by atoms with E-state index < -0.39 is 0 Å². The normalized spacial score (nSPS) is 11.0. The summed E-state index contributed by atoms with van der Waals surface area (Å²) in [5, 5.41) is 2.96. The van der Waals surface area contributed by atoms with E-state index in [2.05, 4.69) is 5.10 Å². The highest BCUT2D eigenvalue weighted by Gasteiger charge is 2.11. The van der Waals surface area contributed by atoms with Gasteiger partial charge in [0.1, 0.15) is 0 Å². The summed E-state index contributed by atoms with van der Waals surface area (Å²) in [7, 11) is 1.74. The smallest absolute Gasteiger partial charge is 0.269 e. The maximum Gasteiger partial charge on any atom is 0.269 e. The lowest BCUT2D eigenvalue weighted by Gasteiger charge is -1.98. The molecule has 0 aliphatic rings. The van der Waals surface area contributed by atoms with E-state index in [1.165, 1.54) is 4.68 Å². The fourth-order valence-electron chi connectivity index (χ4n) is 1.38. The van der Waals surface area contributed by atoms with Crippen molar-refractivity contribution in [3.05, 3.63) is 21.6 Å². The molecule has 0 spiro atoms. The van der Waals surface area contributed by atoms with Crippen molar-refractivity contribution in [2.45, 2.75) is 26.7 Å². The minimum atomic E-state index is 0.0949. The van der Waals surface area contributed by atoms with Crippen molar-refractivity contribution in [3.63, 3.8) is 0 Å². The monoisotopic (exact) mass is 154 g/mol. The highest BCUT2D eigenvalue weighted by atomic mass is 16.1. The van der Waals surface area contributed by atoms with Crippen molar-refractivity contribution < 1.29 is 0 Å². The van der Waals surface area contributed by atoms with Gasteiger partial charge in [-0.1, -0.05) is 13.8 Å². The second kappa shape index (κ2) is 2.57. The first-order valence-electron chi connectivity index (χ1n) is 3.79. The average Bonchev–Trinajstić information content (AvgIpc) is 2.07. The summed E-state index contributed by atoms with van der Waals surface area (Å²) in [6.45, 7) is 5.98. The second-order valence-corrected chi connectivity index (χ2v) is 3.17. The van der Waals surface area contributed by atoms with Gasteiger partial charge < -0.3 is 0 Å². The fourth-order valence-corrected chi connectivity index (χ4v) is 1.38. The summed E-state index contributed by atoms with van der Waals surface area (Å²) in [6.07, 6.45) is 0. The molecule has 0 saturated heterocycles. The molecule has 3 nitrogen and oxygen atoms in total. The van der Waals surface area contributed by atoms with Gasteiger partial charge in [-0.25, -0.2) is 0 Å². The molecule has 11 heavy (non-hydrogen) atoms. The zero-order valence-corrected chi connectivity index (χ0v) is 7.43. The Labute approximate surface area is 66.0 Å². The van der Waals surface area contributed by atoms with Crippen LogP contribution in [0.5, 0.6) is 0 Å². The van der Waals surface area contributed by atoms with Crippen molar-refractivity contribution in [2.75, 3.05) is 0 Å². The highest BCUT2D eigenvalue weighted by molar-refractivity contribution is 5.19. The fraction of sp³-hybridized carbons (Fsp3) is 0.625. The van der Waals surface area contributed by atoms with Crippen molar-refractivity contribution in [2.24, 2.45) is 7.05 Å². The van der Waals surface area contributed by atoms with E-state index in [1.54, 1.807) is 7.05 Å². The van der Waals surface area contributed by atoms with E-state index in [0.717, 1.165) is 11.3 Å². The number of aromatic nitrogens is 2. The Kier molecular flexibility index (Phi) is 1.89. The molecule has 0 fully saturated rings. The molecule has 1 N–H and O–H groups in total. The van der Waals surface area contributed by atoms with Crippen LogP contribution in [0.1, 0.15) is 31.0 Å². The zero-order chi connectivity index (χ0) is 8.59. The van der Waals surface area contributed by atoms with Crippen LogP contribution in [0.25, 0.3) is 0 Å². The number of hydrogen-bond acceptors (Lipinski definition) is 1. The van der Waals surface area contributed by atoms with E-state index in [-0.39, 0.29) is 5.56 Å². The molecule has 62 valence electrons. The third-order valence-electron chi connectivity index (χ3n) is 1.85. The molecule has 1 heterocycles. The van der Waals surface area contributed by atoms with Crippen molar-refractivity contribution in [3.8, 4) is 0 Å². The molecule has 1 rings (SSSR count). The molecule has 3 heteroatoms. The van der Waals surface area contributed by atoms with Crippen molar-refractivity contribution in [1.29, 1.82) is 0 Å². The van der Waals surface area contributed by atoms with E-state index in [0.29, 0.717) is 5.92 Å². The lowest BCUT2D eigenvalue weighted by Crippen LogP contribution is -2.15. The predicted molar refractivity (Wildman–Crippen MR) is 44.9 cm³/mol. The summed E-state index contributed by atoms with van der Waals surface area (Å²) < 4.78 is 1.52. The lowest BCUT2D eigenvalue weighted by molar-refractivity contribution is 0.727. The van der Waals surface area contributed by atoms with E-state index in [9.17, 15) is 4.79 Å². The Bertz CT molecular complexity index is 306. The molecular weight excluding hydrogens is 140 g/mol. The van der Waals surface area contributed by atoms with Gasteiger partial charge in [0.15, 0.2) is 0 Å². The molecule has 1 aromatic heterocycles. The standard InChI is InChI=1S/C8H14N2O/c1-5(2)7-6(3)9-10(4)8(7)11/h5,9H,1-4H3. The molecule has 1 aromatic rings. The van der Waals surface area contributed by atoms with Crippen LogP contribution in [-0.2, 0) is 7.05 Å². The van der Waals surface area contributed by atoms with Crippen molar-refractivity contribution in [1.82, 2.24) is 9.78 Å². The maximum atomic E-state index is 11.4. The molecule has 0 aliphatic carbocycles. The van der Waals surface area contributed by atoms with E-state index >= 15 is 0 Å². The first-order valence-corrected chi connectivity index (χ1v) is 3.79. The molecule has 0 aromatic carbocycles. The second-order valence-electron chi connectivity index (χ2n) is 3.17. The Morgan fingerprint density at radius 3 is 2.18 bits per heavy atom. The molecule has 0 unspecified atom stereocenters. The van der Waals surface area contributed by atoms with Gasteiger partial charge in [0.25, 0.3) is 5.56 Å². The molecule has 0 aliphatic heterocycles. The van der Waals surface area contributed by atoms with E-state index in [4.69, 9.17) is 0 Å². The largest absolute Gasteiger partial charge is 0.300 e. The van der Waals surface area contributed by atoms with Gasteiger partial charge in [-0.3, -0.25) is 14.6 Å². The van der Waals surface area contributed by atoms with Gasteiger partial charge in [0.2, 0.25) is 0 Å². The number of H-pyrrole nitrogens is 1. The maximum absolute atomic E-state index is 11.4. The molecule has 0 atom stereocenters. The Morgan fingerprint density at radius 1 is 1.45 bits per heavy atom. The topological polar surface area (TPSA) is 37.8 Å². The number of hydrogen-bond donors (Lipinski definition) is 1. The molecule has 0 bridgehead atoms. The highest BCUT2D eigenvalue weighted by Crippen LogP contribution is 2.11. The van der Waals surface area contributed by atoms with Gasteiger partial charge in [-0.2, -0.15) is 0 Å². The number of nitrogens with one attached hydrogen (secondary N) is 1. The summed E-state index contributed by atoms with van der Waals surface area (Å²) in [4.78, 5) is 11.4. The SMILES string of the molecule is Cc1[nH]n(C)c(=O)c1C(C)C. The number of aryl methyl sites for hydroxylation is 2. The summed E-state index contributed by atoms with van der Waals surface area (Å²) >= 11 is 0. The number of aromatic amines is 1. The first-order chi connectivity index (χ1) is 5.04. The minimum absolute atomic E-state index is 0.0949. The van der Waals surface area contributed by atoms with Crippen LogP contribution in [0.3, 0.4) is 0 Å². The van der Waals surface area contributed by atoms with Crippen LogP contribution in [0.4, 0.5) is 0 Å². The Balaban J connectivity index is 3.35. The molecule has 0 radical (unpaired) electrons. The summed E-state index contributed by atoms with van der Waals surface area (Å²) in [5.41, 5.74) is 1.97. The minimum Gasteiger partial charge on any atom is -0.300 e. The van der Waals surface area contributed by atoms with Crippen LogP contribution in [-0.4, -0.2) is 9.78 Å². The summed E-state index contributed by atoms with van der Waals surface area (Å²) in [6, 6.07) is 0. The lowest BCUT2D eigenvalue weighted by atomic mass is 10.1. The molecule has 0 amide bonds. The van der Waals surface area contributed by atoms with Gasteiger partial charge in [0.05, 0.1) is 0 Å². The van der Waals surface area contributed by atoms with Crippen LogP contribution < -0.4 is 5.56 Å². The zero-order valence-electron chi connectivity index (χ0n) is 7.43. The van der Waals surface area contributed by atoms with Crippen LogP contribution >= 0.6 is 0 Å².